The lowest BCUT2D eigenvalue weighted by Gasteiger charge is -2.68. The van der Waals surface area contributed by atoms with E-state index in [1.54, 1.807) is 51.1 Å². The van der Waals surface area contributed by atoms with Crippen molar-refractivity contribution in [3.05, 3.63) is 48.6 Å². The molecular formula is C32H40O9. The normalized spacial score (nSPS) is 39.6. The van der Waals surface area contributed by atoms with Gasteiger partial charge in [0, 0.05) is 31.1 Å². The minimum absolute atomic E-state index is 0.0917. The van der Waals surface area contributed by atoms with E-state index in [2.05, 4.69) is 6.58 Å². The maximum Gasteiger partial charge on any atom is 0.338 e. The zero-order chi connectivity index (χ0) is 30.7. The Kier molecular flexibility index (Phi) is 7.72. The highest BCUT2D eigenvalue weighted by molar-refractivity contribution is 6.06. The molecule has 0 aliphatic heterocycles. The quantitative estimate of drug-likeness (QED) is 0.390. The molecule has 41 heavy (non-hydrogen) atoms. The number of ketones is 3. The van der Waals surface area contributed by atoms with Crippen molar-refractivity contribution in [1.82, 2.24) is 0 Å². The summed E-state index contributed by atoms with van der Waals surface area (Å²) in [5, 5.41) is 24.2. The summed E-state index contributed by atoms with van der Waals surface area (Å²) in [6, 6.07) is 8.18. The highest BCUT2D eigenvalue weighted by Gasteiger charge is 2.77. The maximum absolute atomic E-state index is 14.2. The maximum atomic E-state index is 14.2. The molecule has 3 aliphatic rings. The average molecular weight is 569 g/mol. The third-order valence-corrected chi connectivity index (χ3v) is 10.1. The summed E-state index contributed by atoms with van der Waals surface area (Å²) in [5.41, 5.74) is -6.11. The summed E-state index contributed by atoms with van der Waals surface area (Å²) in [7, 11) is 0. The third-order valence-electron chi connectivity index (χ3n) is 10.1. The summed E-state index contributed by atoms with van der Waals surface area (Å²) >= 11 is 0. The second-order valence-electron chi connectivity index (χ2n) is 13.1. The van der Waals surface area contributed by atoms with Gasteiger partial charge in [0.15, 0.2) is 11.4 Å². The minimum Gasteiger partial charge on any atom is -0.459 e. The van der Waals surface area contributed by atoms with Crippen molar-refractivity contribution >= 4 is 29.3 Å². The molecule has 0 aromatic heterocycles. The fourth-order valence-corrected chi connectivity index (χ4v) is 8.26. The molecule has 3 saturated carbocycles. The standard InChI is InChI=1S/C32H40O9/c1-8-30(6)16-21(35)24-31(7)22(15-23(40-18(3)34)32(24,39)28(30)38)29(4,5)25(36)20(14-17(2)33)26(31)41-27(37)19-12-10-9-11-13-19/h8-13,20,22-26,36,39H,1,14-16H2,2-7H3/t20-,22?,23+,24?,25+,26-,30-,31-,32-/m0/s1. The molecule has 3 fully saturated rings. The molecule has 3 aliphatic carbocycles. The van der Waals surface area contributed by atoms with Gasteiger partial charge in [-0.25, -0.2) is 4.79 Å². The van der Waals surface area contributed by atoms with Gasteiger partial charge in [-0.2, -0.15) is 0 Å². The monoisotopic (exact) mass is 568 g/mol. The Hall–Kier alpha value is -3.17. The van der Waals surface area contributed by atoms with Gasteiger partial charge in [0.25, 0.3) is 0 Å². The number of benzene rings is 1. The van der Waals surface area contributed by atoms with E-state index in [0.29, 0.717) is 0 Å². The number of carbonyl (C=O) groups is 5. The molecule has 4 rings (SSSR count). The summed E-state index contributed by atoms with van der Waals surface area (Å²) < 4.78 is 11.7. The number of aliphatic hydroxyl groups is 2. The lowest BCUT2D eigenvalue weighted by molar-refractivity contribution is -0.282. The van der Waals surface area contributed by atoms with Gasteiger partial charge in [0.05, 0.1) is 23.0 Å². The van der Waals surface area contributed by atoms with Gasteiger partial charge in [-0.3, -0.25) is 14.4 Å². The van der Waals surface area contributed by atoms with Gasteiger partial charge >= 0.3 is 11.9 Å². The number of aliphatic hydroxyl groups excluding tert-OH is 1. The zero-order valence-electron chi connectivity index (χ0n) is 24.5. The van der Waals surface area contributed by atoms with E-state index in [0.717, 1.165) is 6.92 Å². The number of hydrogen-bond acceptors (Lipinski definition) is 9. The molecule has 9 atom stereocenters. The molecule has 9 heteroatoms. The minimum atomic E-state index is -2.47. The fourth-order valence-electron chi connectivity index (χ4n) is 8.26. The first-order valence-electron chi connectivity index (χ1n) is 14.0. The molecule has 2 unspecified atom stereocenters. The third kappa shape index (κ3) is 4.57. The Bertz CT molecular complexity index is 1290. The van der Waals surface area contributed by atoms with Gasteiger partial charge in [-0.15, -0.1) is 6.58 Å². The van der Waals surface area contributed by atoms with Crippen molar-refractivity contribution in [1.29, 1.82) is 0 Å². The first kappa shape index (κ1) is 30.8. The Labute approximate surface area is 240 Å². The molecule has 1 aromatic rings. The molecule has 0 heterocycles. The van der Waals surface area contributed by atoms with E-state index >= 15 is 0 Å². The summed E-state index contributed by atoms with van der Waals surface area (Å²) in [6.07, 6.45) is -3.02. The second-order valence-corrected chi connectivity index (χ2v) is 13.1. The Balaban J connectivity index is 1.99. The van der Waals surface area contributed by atoms with Crippen LogP contribution in [0.25, 0.3) is 0 Å². The lowest BCUT2D eigenvalue weighted by Crippen LogP contribution is -2.79. The van der Waals surface area contributed by atoms with Crippen LogP contribution in [0.15, 0.2) is 43.0 Å². The zero-order valence-corrected chi connectivity index (χ0v) is 24.5. The van der Waals surface area contributed by atoms with Gasteiger partial charge in [0.1, 0.15) is 23.8 Å². The highest BCUT2D eigenvalue weighted by atomic mass is 16.6. The molecule has 1 aromatic carbocycles. The number of hydrogen-bond donors (Lipinski definition) is 2. The lowest BCUT2D eigenvalue weighted by atomic mass is 9.38. The number of carbonyl (C=O) groups excluding carboxylic acids is 5. The predicted octanol–water partition coefficient (Wildman–Crippen LogP) is 3.25. The smallest absolute Gasteiger partial charge is 0.338 e. The van der Waals surface area contributed by atoms with Gasteiger partial charge in [0.2, 0.25) is 0 Å². The molecule has 222 valence electrons. The Morgan fingerprint density at radius 2 is 1.66 bits per heavy atom. The first-order valence-corrected chi connectivity index (χ1v) is 14.0. The van der Waals surface area contributed by atoms with Crippen molar-refractivity contribution in [2.45, 2.75) is 84.7 Å². The highest BCUT2D eigenvalue weighted by Crippen LogP contribution is 2.67. The van der Waals surface area contributed by atoms with Crippen molar-refractivity contribution in [2.75, 3.05) is 0 Å². The van der Waals surface area contributed by atoms with Crippen LogP contribution in [0.3, 0.4) is 0 Å². The first-order chi connectivity index (χ1) is 19.0. The number of Topliss-reactive ketones (excluding diaryl/α,β-unsaturated/α-hetero) is 3. The molecule has 0 spiro atoms. The van der Waals surface area contributed by atoms with Crippen LogP contribution in [-0.4, -0.2) is 63.4 Å². The van der Waals surface area contributed by atoms with Crippen LogP contribution < -0.4 is 0 Å². The molecule has 0 amide bonds. The number of esters is 2. The van der Waals surface area contributed by atoms with Gasteiger partial charge in [-0.1, -0.05) is 45.0 Å². The average Bonchev–Trinajstić information content (AvgIpc) is 2.89. The van der Waals surface area contributed by atoms with Crippen LogP contribution in [-0.2, 0) is 28.7 Å². The molecule has 0 radical (unpaired) electrons. The van der Waals surface area contributed by atoms with Crippen LogP contribution in [0, 0.1) is 34.0 Å². The van der Waals surface area contributed by atoms with Gasteiger partial charge in [-0.05, 0) is 43.7 Å². The molecule has 9 nitrogen and oxygen atoms in total. The van der Waals surface area contributed by atoms with Crippen LogP contribution in [0.4, 0.5) is 0 Å². The Morgan fingerprint density at radius 1 is 1.05 bits per heavy atom. The number of rotatable bonds is 6. The second kappa shape index (κ2) is 10.3. The van der Waals surface area contributed by atoms with E-state index in [4.69, 9.17) is 9.47 Å². The van der Waals surface area contributed by atoms with Crippen molar-refractivity contribution in [3.63, 3.8) is 0 Å². The topological polar surface area (TPSA) is 144 Å². The van der Waals surface area contributed by atoms with Crippen molar-refractivity contribution < 1.29 is 43.7 Å². The van der Waals surface area contributed by atoms with Crippen LogP contribution in [0.5, 0.6) is 0 Å². The largest absolute Gasteiger partial charge is 0.459 e. The van der Waals surface area contributed by atoms with Crippen LogP contribution in [0.1, 0.15) is 71.2 Å². The molecule has 0 bridgehead atoms. The van der Waals surface area contributed by atoms with Crippen LogP contribution >= 0.6 is 0 Å². The van der Waals surface area contributed by atoms with E-state index in [1.165, 1.54) is 19.9 Å². The number of allylic oxidation sites excluding steroid dienone is 1. The van der Waals surface area contributed by atoms with Crippen molar-refractivity contribution in [2.24, 2.45) is 34.0 Å². The summed E-state index contributed by atoms with van der Waals surface area (Å²) in [4.78, 5) is 66.6. The SMILES string of the molecule is C=C[C@@]1(C)CC(=O)C2[C@]3(C)C(C[C@@H](OC(C)=O)[C@@]2(O)C1=O)C(C)(C)[C@H](O)[C@H](CC(C)=O)[C@@H]3OC(=O)c1ccccc1. The predicted molar refractivity (Wildman–Crippen MR) is 147 cm³/mol. The van der Waals surface area contributed by atoms with E-state index in [-0.39, 0.29) is 30.6 Å². The van der Waals surface area contributed by atoms with E-state index in [1.807, 2.05) is 0 Å². The van der Waals surface area contributed by atoms with Crippen LogP contribution in [0.2, 0.25) is 0 Å². The molecular weight excluding hydrogens is 528 g/mol. The fraction of sp³-hybridized carbons (Fsp3) is 0.594. The van der Waals surface area contributed by atoms with Gasteiger partial charge < -0.3 is 24.5 Å². The molecule has 0 saturated heterocycles. The summed E-state index contributed by atoms with van der Waals surface area (Å²) in [5.74, 6) is -6.01. The van der Waals surface area contributed by atoms with E-state index < -0.39 is 81.4 Å². The Morgan fingerprint density at radius 3 is 2.20 bits per heavy atom. The summed E-state index contributed by atoms with van der Waals surface area (Å²) in [6.45, 7) is 13.0. The van der Waals surface area contributed by atoms with Crippen molar-refractivity contribution in [3.8, 4) is 0 Å². The van der Waals surface area contributed by atoms with E-state index in [9.17, 15) is 34.2 Å². The number of ether oxygens (including phenoxy) is 2. The molecule has 2 N–H and O–H groups in total. The number of fused-ring (bicyclic) bond motifs is 3.